The molecule has 0 spiro atoms. The first-order valence-corrected chi connectivity index (χ1v) is 23.9. The molecule has 348 valence electrons. The van der Waals surface area contributed by atoms with Gasteiger partial charge in [-0.3, -0.25) is 0 Å². The lowest BCUT2D eigenvalue weighted by molar-refractivity contribution is 0.700. The first-order valence-electron chi connectivity index (χ1n) is 23.9. The fourth-order valence-electron chi connectivity index (χ4n) is 8.86. The second-order valence-corrected chi connectivity index (χ2v) is 17.9. The highest BCUT2D eigenvalue weighted by Gasteiger charge is 2.21. The first-order chi connectivity index (χ1) is 34.2. The van der Waals surface area contributed by atoms with Crippen molar-refractivity contribution in [2.75, 3.05) is 21.3 Å². The van der Waals surface area contributed by atoms with Crippen LogP contribution in [0.1, 0.15) is 61.8 Å². The van der Waals surface area contributed by atoms with E-state index in [2.05, 4.69) is 125 Å². The van der Waals surface area contributed by atoms with E-state index in [1.165, 1.54) is 0 Å². The smallest absolute Gasteiger partial charge is 0.0963 e. The number of rotatable bonds is 14. The molecule has 14 heteroatoms. The molecule has 8 aromatic carbocycles. The molecule has 4 N–H and O–H groups in total. The summed E-state index contributed by atoms with van der Waals surface area (Å²) in [6.07, 6.45) is 4.70. The molecule has 0 aliphatic carbocycles. The van der Waals surface area contributed by atoms with Crippen LogP contribution in [0.3, 0.4) is 0 Å². The minimum Gasteiger partial charge on any atom is -0.365 e. The van der Waals surface area contributed by atoms with Crippen molar-refractivity contribution in [2.24, 2.45) is 51.1 Å². The molecule has 8 aromatic rings. The Kier molecular flexibility index (Phi) is 12.9. The number of benzene rings is 8. The van der Waals surface area contributed by atoms with Crippen LogP contribution >= 0.6 is 0 Å². The van der Waals surface area contributed by atoms with Gasteiger partial charge in [0.05, 0.1) is 69.2 Å². The summed E-state index contributed by atoms with van der Waals surface area (Å²) in [5.74, 6) is 0. The minimum atomic E-state index is 0.215. The molecule has 0 saturated heterocycles. The van der Waals surface area contributed by atoms with Gasteiger partial charge in [0, 0.05) is 44.3 Å². The third-order valence-corrected chi connectivity index (χ3v) is 12.6. The monoisotopic (exact) mass is 922 g/mol. The Hall–Kier alpha value is -8.52. The van der Waals surface area contributed by atoms with Gasteiger partial charge < -0.3 is 21.3 Å². The summed E-state index contributed by atoms with van der Waals surface area (Å²) in [4.78, 5) is 0. The number of nitrogens with one attached hydrogen (secondary N) is 4. The number of hydrogen-bond donors (Lipinski definition) is 4. The molecule has 0 aromatic heterocycles. The van der Waals surface area contributed by atoms with Crippen molar-refractivity contribution in [1.29, 1.82) is 0 Å². The Morgan fingerprint density at radius 3 is 0.943 bits per heavy atom. The van der Waals surface area contributed by atoms with Crippen LogP contribution in [-0.4, -0.2) is 12.3 Å². The van der Waals surface area contributed by atoms with Crippen molar-refractivity contribution in [3.63, 3.8) is 0 Å². The predicted octanol–water partition coefficient (Wildman–Crippen LogP) is 19.2. The number of nitrogens with zero attached hydrogens (tertiary/aromatic N) is 10. The van der Waals surface area contributed by atoms with Gasteiger partial charge in [-0.25, -0.2) is 0 Å². The zero-order chi connectivity index (χ0) is 48.1. The molecule has 70 heavy (non-hydrogen) atoms. The van der Waals surface area contributed by atoms with E-state index in [4.69, 9.17) is 10.2 Å². The van der Waals surface area contributed by atoms with Gasteiger partial charge in [-0.2, -0.15) is 40.9 Å². The van der Waals surface area contributed by atoms with Gasteiger partial charge in [-0.05, 0) is 172 Å². The van der Waals surface area contributed by atoms with E-state index < -0.39 is 0 Å². The first kappa shape index (κ1) is 45.3. The molecule has 2 aliphatic rings. The van der Waals surface area contributed by atoms with Crippen molar-refractivity contribution < 1.29 is 0 Å². The average molecular weight is 923 g/mol. The Balaban J connectivity index is 0.744. The summed E-state index contributed by atoms with van der Waals surface area (Å²) in [5.41, 5.74) is 15.8. The molecule has 0 bridgehead atoms. The van der Waals surface area contributed by atoms with Crippen molar-refractivity contribution in [2.45, 2.75) is 79.6 Å². The van der Waals surface area contributed by atoms with Crippen LogP contribution in [0.4, 0.5) is 79.6 Å². The zero-order valence-corrected chi connectivity index (χ0v) is 40.2. The third kappa shape index (κ3) is 9.74. The van der Waals surface area contributed by atoms with Crippen molar-refractivity contribution >= 4 is 101 Å². The fraction of sp³-hybridized carbons (Fsp3) is 0.214. The predicted molar refractivity (Wildman–Crippen MR) is 285 cm³/mol. The van der Waals surface area contributed by atoms with Gasteiger partial charge in [0.15, 0.2) is 0 Å². The summed E-state index contributed by atoms with van der Waals surface area (Å²) in [6.45, 7) is 12.4. The molecule has 0 saturated carbocycles. The normalized spacial score (nSPS) is 15.4. The number of anilines is 4. The van der Waals surface area contributed by atoms with Gasteiger partial charge in [0.2, 0.25) is 0 Å². The van der Waals surface area contributed by atoms with Gasteiger partial charge >= 0.3 is 0 Å². The molecule has 14 nitrogen and oxygen atoms in total. The maximum absolute atomic E-state index is 4.71. The van der Waals surface area contributed by atoms with Crippen molar-refractivity contribution in [1.82, 2.24) is 0 Å². The molecule has 2 aliphatic heterocycles. The molecule has 0 amide bonds. The largest absolute Gasteiger partial charge is 0.365 e. The molecule has 2 heterocycles. The molecule has 2 unspecified atom stereocenters. The fourth-order valence-corrected chi connectivity index (χ4v) is 8.86. The van der Waals surface area contributed by atoms with E-state index in [1.54, 1.807) is 0 Å². The van der Waals surface area contributed by atoms with E-state index in [1.807, 2.05) is 113 Å². The van der Waals surface area contributed by atoms with Crippen LogP contribution in [0.15, 0.2) is 185 Å². The van der Waals surface area contributed by atoms with Crippen LogP contribution in [0.25, 0.3) is 21.5 Å². The van der Waals surface area contributed by atoms with Gasteiger partial charge in [0.1, 0.15) is 0 Å². The zero-order valence-electron chi connectivity index (χ0n) is 40.2. The van der Waals surface area contributed by atoms with Gasteiger partial charge in [0.25, 0.3) is 0 Å². The van der Waals surface area contributed by atoms with Crippen molar-refractivity contribution in [3.05, 3.63) is 156 Å². The van der Waals surface area contributed by atoms with E-state index in [0.29, 0.717) is 22.7 Å². The van der Waals surface area contributed by atoms with Crippen LogP contribution < -0.4 is 21.3 Å². The maximum atomic E-state index is 4.71. The van der Waals surface area contributed by atoms with Crippen LogP contribution in [0.2, 0.25) is 0 Å². The van der Waals surface area contributed by atoms with Crippen LogP contribution in [0, 0.1) is 27.7 Å². The van der Waals surface area contributed by atoms with E-state index in [0.717, 1.165) is 126 Å². The highest BCUT2D eigenvalue weighted by Crippen LogP contribution is 2.43. The summed E-state index contributed by atoms with van der Waals surface area (Å²) in [6, 6.07) is 43.8. The van der Waals surface area contributed by atoms with Crippen LogP contribution in [0.5, 0.6) is 0 Å². The molecule has 10 rings (SSSR count). The van der Waals surface area contributed by atoms with E-state index in [9.17, 15) is 0 Å². The van der Waals surface area contributed by atoms with E-state index >= 15 is 0 Å². The summed E-state index contributed by atoms with van der Waals surface area (Å²) in [5, 5.41) is 64.7. The quantitative estimate of drug-likeness (QED) is 0.0796. The number of aryl methyl sites for hydroxylation is 4. The highest BCUT2D eigenvalue weighted by molar-refractivity contribution is 6.10. The summed E-state index contributed by atoms with van der Waals surface area (Å²) >= 11 is 0. The standard InChI is InChI=1S/C56H54N14/c1-7-11-53-57-45-15-9-13-41-43(25-27-47(59-53)55(41)45)65-69-51-31-33(3)49(29-35(51)5)67-63-39-21-17-37(18-22-39)61-62-38-19-23-40(24-20-38)64-68-50-30-36(6)52(32-34(50)4)70-66-44-26-28-48-56-42(44)14-10-16-46(56)58-54(60-48)12-8-2/h9-10,13-32,53-54,57-60H,7-8,11-12H2,1-6H3. The Morgan fingerprint density at radius 1 is 0.329 bits per heavy atom. The molecule has 0 fully saturated rings. The topological polar surface area (TPSA) is 172 Å². The van der Waals surface area contributed by atoms with Crippen LogP contribution in [-0.2, 0) is 0 Å². The number of azo groups is 5. The van der Waals surface area contributed by atoms with Gasteiger partial charge in [-0.1, -0.05) is 51.0 Å². The third-order valence-electron chi connectivity index (χ3n) is 12.6. The Labute approximate surface area is 407 Å². The molecular formula is C56H54N14. The highest BCUT2D eigenvalue weighted by atomic mass is 15.2. The molecular weight excluding hydrogens is 869 g/mol. The molecule has 2 atom stereocenters. The van der Waals surface area contributed by atoms with Gasteiger partial charge in [-0.15, -0.1) is 10.2 Å². The lowest BCUT2D eigenvalue weighted by atomic mass is 10.0. The Morgan fingerprint density at radius 2 is 0.614 bits per heavy atom. The summed E-state index contributed by atoms with van der Waals surface area (Å²) in [7, 11) is 0. The lowest BCUT2D eigenvalue weighted by Gasteiger charge is -2.29. The average Bonchev–Trinajstić information content (AvgIpc) is 3.37. The van der Waals surface area contributed by atoms with E-state index in [-0.39, 0.29) is 12.3 Å². The Bertz CT molecular complexity index is 3160. The second kappa shape index (κ2) is 20.0. The maximum Gasteiger partial charge on any atom is 0.0963 e. The SMILES string of the molecule is CCCC1Nc2cccc3c(N=Nc4cc(C)c(N=Nc5ccc(N=Nc6ccc(N=Nc7cc(C)c(N=Nc8ccc9c%10c(cccc8%10)NC(CCC)N9)cc7C)cc6)cc5)cc4C)ccc(c23)N1. The second-order valence-electron chi connectivity index (χ2n) is 17.9. The minimum absolute atomic E-state index is 0.215. The molecule has 0 radical (unpaired) electrons. The number of hydrogen-bond acceptors (Lipinski definition) is 14. The van der Waals surface area contributed by atoms with Crippen molar-refractivity contribution in [3.8, 4) is 0 Å². The summed E-state index contributed by atoms with van der Waals surface area (Å²) < 4.78 is 0. The lowest BCUT2D eigenvalue weighted by Crippen LogP contribution is -2.31.